The molecular weight excluding hydrogens is 190 g/mol. The van der Waals surface area contributed by atoms with Crippen LogP contribution >= 0.6 is 0 Å². The van der Waals surface area contributed by atoms with Gasteiger partial charge in [0.2, 0.25) is 5.91 Å². The Bertz CT molecular complexity index is 232. The number of hydrogen-bond acceptors (Lipinski definition) is 3. The van der Waals surface area contributed by atoms with Crippen LogP contribution in [0, 0.1) is 0 Å². The normalized spacial score (nSPS) is 22.0. The van der Waals surface area contributed by atoms with Gasteiger partial charge in [0.05, 0.1) is 0 Å². The molecule has 0 saturated carbocycles. The number of nitrogens with two attached hydrogens (primary N) is 1. The van der Waals surface area contributed by atoms with Crippen LogP contribution in [0.1, 0.15) is 13.3 Å². The molecule has 1 saturated heterocycles. The number of hydrogen-bond donors (Lipinski definition) is 1. The van der Waals surface area contributed by atoms with Crippen molar-refractivity contribution in [1.82, 2.24) is 9.80 Å². The van der Waals surface area contributed by atoms with E-state index in [4.69, 9.17) is 5.73 Å². The van der Waals surface area contributed by atoms with E-state index in [9.17, 15) is 4.79 Å². The van der Waals surface area contributed by atoms with Gasteiger partial charge in [-0.1, -0.05) is 13.0 Å². The Morgan fingerprint density at radius 2 is 2.00 bits per heavy atom. The topological polar surface area (TPSA) is 49.6 Å². The van der Waals surface area contributed by atoms with Gasteiger partial charge < -0.3 is 10.6 Å². The van der Waals surface area contributed by atoms with Gasteiger partial charge in [-0.2, -0.15) is 0 Å². The molecule has 0 aromatic carbocycles. The maximum Gasteiger partial charge on any atom is 0.241 e. The molecule has 0 aromatic rings. The fraction of sp³-hybridized carbons (Fsp3) is 0.727. The van der Waals surface area contributed by atoms with Gasteiger partial charge in [-0.05, 0) is 13.5 Å². The van der Waals surface area contributed by atoms with Crippen molar-refractivity contribution in [3.63, 3.8) is 0 Å². The van der Waals surface area contributed by atoms with Crippen LogP contribution in [0.5, 0.6) is 0 Å². The van der Waals surface area contributed by atoms with Crippen LogP contribution < -0.4 is 5.73 Å². The second-order valence-electron chi connectivity index (χ2n) is 4.08. The molecule has 1 rings (SSSR count). The maximum absolute atomic E-state index is 10.7. The van der Waals surface area contributed by atoms with Gasteiger partial charge in [-0.15, -0.1) is 0 Å². The van der Waals surface area contributed by atoms with Gasteiger partial charge in [0.15, 0.2) is 0 Å². The molecule has 15 heavy (non-hydrogen) atoms. The van der Waals surface area contributed by atoms with Crippen molar-refractivity contribution in [3.05, 3.63) is 12.2 Å². The zero-order valence-corrected chi connectivity index (χ0v) is 9.65. The van der Waals surface area contributed by atoms with Gasteiger partial charge in [-0.3, -0.25) is 9.69 Å². The van der Waals surface area contributed by atoms with Crippen molar-refractivity contribution in [2.75, 3.05) is 33.2 Å². The number of carbonyl (C=O) groups is 1. The highest BCUT2D eigenvalue weighted by molar-refractivity contribution is 5.85. The predicted molar refractivity (Wildman–Crippen MR) is 61.5 cm³/mol. The highest BCUT2D eigenvalue weighted by Gasteiger charge is 2.18. The van der Waals surface area contributed by atoms with Gasteiger partial charge in [0.1, 0.15) is 0 Å². The van der Waals surface area contributed by atoms with E-state index >= 15 is 0 Å². The summed E-state index contributed by atoms with van der Waals surface area (Å²) >= 11 is 0. The smallest absolute Gasteiger partial charge is 0.241 e. The Kier molecular flexibility index (Phi) is 4.78. The zero-order chi connectivity index (χ0) is 11.3. The van der Waals surface area contributed by atoms with Crippen molar-refractivity contribution in [1.29, 1.82) is 0 Å². The summed E-state index contributed by atoms with van der Waals surface area (Å²) in [4.78, 5) is 15.4. The van der Waals surface area contributed by atoms with Gasteiger partial charge in [0.25, 0.3) is 0 Å². The minimum Gasteiger partial charge on any atom is -0.366 e. The fourth-order valence-corrected chi connectivity index (χ4v) is 1.88. The number of amides is 1. The van der Waals surface area contributed by atoms with Gasteiger partial charge >= 0.3 is 0 Å². The molecule has 1 unspecified atom stereocenters. The Hall–Kier alpha value is -0.870. The first-order valence-electron chi connectivity index (χ1n) is 5.53. The monoisotopic (exact) mass is 211 g/mol. The summed E-state index contributed by atoms with van der Waals surface area (Å²) in [5.74, 6) is -0.359. The largest absolute Gasteiger partial charge is 0.366 e. The van der Waals surface area contributed by atoms with Crippen molar-refractivity contribution < 1.29 is 4.79 Å². The lowest BCUT2D eigenvalue weighted by Gasteiger charge is -2.36. The highest BCUT2D eigenvalue weighted by Crippen LogP contribution is 2.09. The van der Waals surface area contributed by atoms with E-state index in [2.05, 4.69) is 23.8 Å². The quantitative estimate of drug-likeness (QED) is 0.669. The lowest BCUT2D eigenvalue weighted by atomic mass is 10.1. The molecule has 1 heterocycles. The Morgan fingerprint density at radius 3 is 2.47 bits per heavy atom. The second kappa shape index (κ2) is 5.88. The Labute approximate surface area is 91.7 Å². The predicted octanol–water partition coefficient (Wildman–Crippen LogP) is 0.0539. The number of nitrogens with zero attached hydrogens (tertiary/aromatic N) is 2. The summed E-state index contributed by atoms with van der Waals surface area (Å²) in [6.07, 6.45) is 4.42. The second-order valence-corrected chi connectivity index (χ2v) is 4.08. The molecule has 1 atom stereocenters. The van der Waals surface area contributed by atoms with E-state index in [0.29, 0.717) is 6.04 Å². The fourth-order valence-electron chi connectivity index (χ4n) is 1.88. The molecule has 1 aliphatic heterocycles. The average Bonchev–Trinajstić information content (AvgIpc) is 2.21. The van der Waals surface area contributed by atoms with Crippen LogP contribution in [0.25, 0.3) is 0 Å². The summed E-state index contributed by atoms with van der Waals surface area (Å²) in [6, 6.07) is 0.353. The molecule has 86 valence electrons. The van der Waals surface area contributed by atoms with Crippen molar-refractivity contribution in [2.24, 2.45) is 5.73 Å². The van der Waals surface area contributed by atoms with E-state index in [1.54, 1.807) is 0 Å². The Balaban J connectivity index is 2.47. The number of primary amides is 1. The summed E-state index contributed by atoms with van der Waals surface area (Å²) in [7, 11) is 2.14. The van der Waals surface area contributed by atoms with Crippen LogP contribution in [-0.2, 0) is 4.79 Å². The molecule has 0 aliphatic carbocycles. The summed E-state index contributed by atoms with van der Waals surface area (Å²) < 4.78 is 0. The third-order valence-electron chi connectivity index (χ3n) is 2.91. The molecule has 4 heteroatoms. The van der Waals surface area contributed by atoms with Crippen LogP contribution in [0.2, 0.25) is 0 Å². The highest BCUT2D eigenvalue weighted by atomic mass is 16.1. The van der Waals surface area contributed by atoms with Crippen LogP contribution in [0.3, 0.4) is 0 Å². The first-order chi connectivity index (χ1) is 7.13. The summed E-state index contributed by atoms with van der Waals surface area (Å²) in [5.41, 5.74) is 5.09. The average molecular weight is 211 g/mol. The molecule has 0 spiro atoms. The molecule has 1 fully saturated rings. The molecule has 4 nitrogen and oxygen atoms in total. The van der Waals surface area contributed by atoms with Crippen LogP contribution in [0.4, 0.5) is 0 Å². The molecule has 2 N–H and O–H groups in total. The van der Waals surface area contributed by atoms with Crippen molar-refractivity contribution in [2.45, 2.75) is 19.4 Å². The van der Waals surface area contributed by atoms with Gasteiger partial charge in [0, 0.05) is 38.3 Å². The molecule has 0 bridgehead atoms. The van der Waals surface area contributed by atoms with E-state index in [1.165, 1.54) is 6.08 Å². The Morgan fingerprint density at radius 1 is 1.40 bits per heavy atom. The SMILES string of the molecule is CCC(C=CC(N)=O)N1CCN(C)CC1. The minimum atomic E-state index is -0.359. The number of carbonyl (C=O) groups excluding carboxylic acids is 1. The number of piperazine rings is 1. The molecule has 1 amide bonds. The minimum absolute atomic E-state index is 0.353. The number of rotatable bonds is 4. The van der Waals surface area contributed by atoms with Gasteiger partial charge in [-0.25, -0.2) is 0 Å². The summed E-state index contributed by atoms with van der Waals surface area (Å²) in [6.45, 7) is 6.46. The zero-order valence-electron chi connectivity index (χ0n) is 9.65. The first kappa shape index (κ1) is 12.2. The third-order valence-corrected chi connectivity index (χ3v) is 2.91. The number of likely N-dealkylation sites (N-methyl/N-ethyl adjacent to an activating group) is 1. The molecule has 0 aromatic heterocycles. The lowest BCUT2D eigenvalue weighted by molar-refractivity contribution is -0.113. The van der Waals surface area contributed by atoms with Crippen LogP contribution in [-0.4, -0.2) is 55.0 Å². The third kappa shape index (κ3) is 4.01. The van der Waals surface area contributed by atoms with Crippen LogP contribution in [0.15, 0.2) is 12.2 Å². The van der Waals surface area contributed by atoms with E-state index in [-0.39, 0.29) is 5.91 Å². The first-order valence-corrected chi connectivity index (χ1v) is 5.53. The van der Waals surface area contributed by atoms with E-state index in [1.807, 2.05) is 6.08 Å². The molecular formula is C11H21N3O. The summed E-state index contributed by atoms with van der Waals surface area (Å²) in [5, 5.41) is 0. The van der Waals surface area contributed by atoms with E-state index < -0.39 is 0 Å². The van der Waals surface area contributed by atoms with Crippen molar-refractivity contribution in [3.8, 4) is 0 Å². The molecule has 0 radical (unpaired) electrons. The van der Waals surface area contributed by atoms with Crippen molar-refractivity contribution >= 4 is 5.91 Å². The molecule has 1 aliphatic rings. The standard InChI is InChI=1S/C11H21N3O/c1-3-10(4-5-11(12)15)14-8-6-13(2)7-9-14/h4-5,10H,3,6-9H2,1-2H3,(H2,12,15). The van der Waals surface area contributed by atoms with E-state index in [0.717, 1.165) is 32.6 Å². The lowest BCUT2D eigenvalue weighted by Crippen LogP contribution is -2.48. The maximum atomic E-state index is 10.7.